The number of allylic oxidation sites excluding steroid dienone is 1. The number of carbonyl (C=O) groups is 1. The van der Waals surface area contributed by atoms with E-state index in [4.69, 9.17) is 11.6 Å². The van der Waals surface area contributed by atoms with E-state index in [1.807, 2.05) is 36.4 Å². The van der Waals surface area contributed by atoms with Gasteiger partial charge in [0.25, 0.3) is 0 Å². The predicted molar refractivity (Wildman–Crippen MR) is 79.2 cm³/mol. The Bertz CT molecular complexity index is 790. The Morgan fingerprint density at radius 1 is 1.10 bits per heavy atom. The normalized spacial score (nSPS) is 11.8. The van der Waals surface area contributed by atoms with E-state index in [0.29, 0.717) is 10.7 Å². The summed E-state index contributed by atoms with van der Waals surface area (Å²) in [5.41, 5.74) is 2.83. The third kappa shape index (κ3) is 2.33. The lowest BCUT2D eigenvalue weighted by molar-refractivity contribution is -0.103. The van der Waals surface area contributed by atoms with Gasteiger partial charge in [0.15, 0.2) is 6.29 Å². The highest BCUT2D eigenvalue weighted by Crippen LogP contribution is 2.17. The molecule has 4 nitrogen and oxygen atoms in total. The first-order valence-corrected chi connectivity index (χ1v) is 6.39. The van der Waals surface area contributed by atoms with Crippen molar-refractivity contribution in [3.63, 3.8) is 0 Å². The first-order chi connectivity index (χ1) is 9.78. The van der Waals surface area contributed by atoms with Gasteiger partial charge in [-0.2, -0.15) is 0 Å². The maximum absolute atomic E-state index is 11.3. The Kier molecular flexibility index (Phi) is 3.31. The summed E-state index contributed by atoms with van der Waals surface area (Å²) in [6.07, 6.45) is 2.50. The van der Waals surface area contributed by atoms with E-state index < -0.39 is 0 Å². The number of aldehydes is 1. The van der Waals surface area contributed by atoms with Gasteiger partial charge < -0.3 is 0 Å². The molecule has 0 unspecified atom stereocenters. The predicted octanol–water partition coefficient (Wildman–Crippen LogP) is 3.28. The van der Waals surface area contributed by atoms with E-state index >= 15 is 0 Å². The summed E-state index contributed by atoms with van der Waals surface area (Å²) in [6.45, 7) is 0. The van der Waals surface area contributed by atoms with Crippen LogP contribution in [0.3, 0.4) is 0 Å². The number of para-hydroxylation sites is 1. The summed E-state index contributed by atoms with van der Waals surface area (Å²) < 4.78 is 1.52. The molecular weight excluding hydrogens is 274 g/mol. The molecule has 0 fully saturated rings. The number of aromatic nitrogens is 3. The molecule has 0 bridgehead atoms. The van der Waals surface area contributed by atoms with Crippen LogP contribution in [0.1, 0.15) is 5.56 Å². The van der Waals surface area contributed by atoms with Gasteiger partial charge in [0.2, 0.25) is 0 Å². The number of carbonyl (C=O) groups excluding carboxylic acids is 1. The SMILES string of the molecule is O=C/C(=C/c1ccc(Cl)cc1)n1nnc2ccccc21. The van der Waals surface area contributed by atoms with Crippen LogP contribution in [0.4, 0.5) is 0 Å². The van der Waals surface area contributed by atoms with Gasteiger partial charge in [-0.15, -0.1) is 5.10 Å². The molecule has 0 aliphatic heterocycles. The van der Waals surface area contributed by atoms with E-state index in [2.05, 4.69) is 10.3 Å². The van der Waals surface area contributed by atoms with Crippen molar-refractivity contribution in [1.82, 2.24) is 15.0 Å². The Hall–Kier alpha value is -2.46. The average Bonchev–Trinajstić information content (AvgIpc) is 2.91. The third-order valence-electron chi connectivity index (χ3n) is 2.90. The molecule has 98 valence electrons. The van der Waals surface area contributed by atoms with Gasteiger partial charge in [0, 0.05) is 5.02 Å². The Labute approximate surface area is 120 Å². The molecule has 5 heteroatoms. The van der Waals surface area contributed by atoms with Crippen molar-refractivity contribution in [3.05, 3.63) is 59.1 Å². The van der Waals surface area contributed by atoms with Crippen LogP contribution in [0.5, 0.6) is 0 Å². The number of nitrogens with zero attached hydrogens (tertiary/aromatic N) is 3. The van der Waals surface area contributed by atoms with Crippen molar-refractivity contribution < 1.29 is 4.79 Å². The third-order valence-corrected chi connectivity index (χ3v) is 3.15. The van der Waals surface area contributed by atoms with E-state index in [1.165, 1.54) is 4.68 Å². The minimum absolute atomic E-state index is 0.418. The maximum atomic E-state index is 11.3. The number of halogens is 1. The lowest BCUT2D eigenvalue weighted by Crippen LogP contribution is -2.00. The first kappa shape index (κ1) is 12.6. The standard InChI is InChI=1S/C15H10ClN3O/c16-12-7-5-11(6-8-12)9-13(10-20)19-15-4-2-1-3-14(15)17-18-19/h1-10H/b13-9-. The number of hydrogen-bond acceptors (Lipinski definition) is 3. The fraction of sp³-hybridized carbons (Fsp3) is 0. The van der Waals surface area contributed by atoms with Crippen molar-refractivity contribution in [2.45, 2.75) is 0 Å². The molecule has 3 rings (SSSR count). The second kappa shape index (κ2) is 5.27. The maximum Gasteiger partial charge on any atom is 0.168 e. The summed E-state index contributed by atoms with van der Waals surface area (Å²) >= 11 is 5.84. The number of fused-ring (bicyclic) bond motifs is 1. The molecule has 0 radical (unpaired) electrons. The molecule has 2 aromatic carbocycles. The number of rotatable bonds is 3. The van der Waals surface area contributed by atoms with Gasteiger partial charge in [0.05, 0.1) is 5.52 Å². The van der Waals surface area contributed by atoms with Crippen LogP contribution in [-0.4, -0.2) is 21.3 Å². The average molecular weight is 284 g/mol. The fourth-order valence-electron chi connectivity index (χ4n) is 1.93. The molecule has 20 heavy (non-hydrogen) atoms. The number of hydrogen-bond donors (Lipinski definition) is 0. The van der Waals surface area contributed by atoms with Crippen LogP contribution in [-0.2, 0) is 4.79 Å². The minimum Gasteiger partial charge on any atom is -0.296 e. The van der Waals surface area contributed by atoms with E-state index in [-0.39, 0.29) is 0 Å². The van der Waals surface area contributed by atoms with Gasteiger partial charge in [-0.3, -0.25) is 4.79 Å². The highest BCUT2D eigenvalue weighted by molar-refractivity contribution is 6.30. The van der Waals surface area contributed by atoms with Crippen molar-refractivity contribution in [2.75, 3.05) is 0 Å². The van der Waals surface area contributed by atoms with Crippen molar-refractivity contribution in [1.29, 1.82) is 0 Å². The van der Waals surface area contributed by atoms with E-state index in [1.54, 1.807) is 18.2 Å². The Balaban J connectivity index is 2.09. The number of benzene rings is 2. The second-order valence-corrected chi connectivity index (χ2v) is 4.67. The zero-order valence-corrected chi connectivity index (χ0v) is 11.2. The quantitative estimate of drug-likeness (QED) is 0.547. The zero-order valence-electron chi connectivity index (χ0n) is 10.4. The molecule has 0 aliphatic rings. The van der Waals surface area contributed by atoms with Crippen LogP contribution in [0.15, 0.2) is 48.5 Å². The lowest BCUT2D eigenvalue weighted by atomic mass is 10.2. The minimum atomic E-state index is 0.418. The smallest absolute Gasteiger partial charge is 0.168 e. The Morgan fingerprint density at radius 3 is 2.60 bits per heavy atom. The Morgan fingerprint density at radius 2 is 1.85 bits per heavy atom. The molecule has 0 N–H and O–H groups in total. The van der Waals surface area contributed by atoms with E-state index in [0.717, 1.165) is 22.9 Å². The van der Waals surface area contributed by atoms with Crippen LogP contribution in [0.25, 0.3) is 22.8 Å². The highest BCUT2D eigenvalue weighted by Gasteiger charge is 2.07. The van der Waals surface area contributed by atoms with Crippen molar-refractivity contribution in [2.24, 2.45) is 0 Å². The summed E-state index contributed by atoms with van der Waals surface area (Å²) in [5, 5.41) is 8.71. The largest absolute Gasteiger partial charge is 0.296 e. The molecule has 0 saturated carbocycles. The zero-order chi connectivity index (χ0) is 13.9. The summed E-state index contributed by atoms with van der Waals surface area (Å²) in [4.78, 5) is 11.3. The molecule has 0 amide bonds. The van der Waals surface area contributed by atoms with Crippen LogP contribution >= 0.6 is 11.6 Å². The molecule has 3 aromatic rings. The fourth-order valence-corrected chi connectivity index (χ4v) is 2.06. The van der Waals surface area contributed by atoms with Gasteiger partial charge in [0.1, 0.15) is 11.2 Å². The van der Waals surface area contributed by atoms with Crippen LogP contribution < -0.4 is 0 Å². The lowest BCUT2D eigenvalue weighted by Gasteiger charge is -2.01. The highest BCUT2D eigenvalue weighted by atomic mass is 35.5. The summed E-state index contributed by atoms with van der Waals surface area (Å²) in [6, 6.07) is 14.7. The summed E-state index contributed by atoms with van der Waals surface area (Å²) in [5.74, 6) is 0. The van der Waals surface area contributed by atoms with Gasteiger partial charge in [-0.25, -0.2) is 4.68 Å². The molecule has 0 spiro atoms. The second-order valence-electron chi connectivity index (χ2n) is 4.23. The molecule has 0 aliphatic carbocycles. The molecule has 1 heterocycles. The molecule has 1 aromatic heterocycles. The van der Waals surface area contributed by atoms with Crippen LogP contribution in [0, 0.1) is 0 Å². The van der Waals surface area contributed by atoms with Crippen LogP contribution in [0.2, 0.25) is 5.02 Å². The van der Waals surface area contributed by atoms with Crippen molar-refractivity contribution in [3.8, 4) is 0 Å². The molecule has 0 saturated heterocycles. The van der Waals surface area contributed by atoms with E-state index in [9.17, 15) is 4.79 Å². The summed E-state index contributed by atoms with van der Waals surface area (Å²) in [7, 11) is 0. The monoisotopic (exact) mass is 283 g/mol. The first-order valence-electron chi connectivity index (χ1n) is 6.01. The molecule has 0 atom stereocenters. The van der Waals surface area contributed by atoms with Crippen molar-refractivity contribution >= 4 is 40.7 Å². The van der Waals surface area contributed by atoms with Gasteiger partial charge >= 0.3 is 0 Å². The van der Waals surface area contributed by atoms with Gasteiger partial charge in [-0.05, 0) is 35.9 Å². The topological polar surface area (TPSA) is 47.8 Å². The van der Waals surface area contributed by atoms with Gasteiger partial charge in [-0.1, -0.05) is 41.1 Å². The molecular formula is C15H10ClN3O.